The van der Waals surface area contributed by atoms with Gasteiger partial charge in [-0.2, -0.15) is 0 Å². The Labute approximate surface area is 136 Å². The molecule has 0 aliphatic rings. The average molecular weight is 377 g/mol. The lowest BCUT2D eigenvalue weighted by Gasteiger charge is -2.18. The van der Waals surface area contributed by atoms with E-state index in [0.717, 1.165) is 5.56 Å². The number of hydrogen-bond donors (Lipinski definition) is 2. The molecular weight excluding hydrogens is 352 g/mol. The third kappa shape index (κ3) is 5.70. The number of nitrogens with one attached hydrogen (secondary N) is 2. The lowest BCUT2D eigenvalue weighted by molar-refractivity contribution is 0.476. The molecule has 0 aliphatic carbocycles. The number of halogens is 1. The van der Waals surface area contributed by atoms with E-state index in [4.69, 9.17) is 0 Å². The molecule has 0 heterocycles. The van der Waals surface area contributed by atoms with Gasteiger partial charge in [0.1, 0.15) is 0 Å². The topological polar surface area (TPSA) is 58.2 Å². The Kier molecular flexibility index (Phi) is 6.84. The zero-order valence-electron chi connectivity index (χ0n) is 13.3. The van der Waals surface area contributed by atoms with Crippen molar-refractivity contribution in [1.82, 2.24) is 10.0 Å². The number of rotatable bonds is 7. The van der Waals surface area contributed by atoms with Gasteiger partial charge in [0.25, 0.3) is 0 Å². The Balaban J connectivity index is 3.02. The van der Waals surface area contributed by atoms with Gasteiger partial charge in [-0.25, -0.2) is 13.1 Å². The van der Waals surface area contributed by atoms with Gasteiger partial charge < -0.3 is 5.32 Å². The highest BCUT2D eigenvalue weighted by atomic mass is 79.9. The van der Waals surface area contributed by atoms with Crippen LogP contribution in [0.5, 0.6) is 0 Å². The molecule has 21 heavy (non-hydrogen) atoms. The summed E-state index contributed by atoms with van der Waals surface area (Å²) in [6.45, 7) is 10.6. The van der Waals surface area contributed by atoms with Crippen molar-refractivity contribution in [3.05, 3.63) is 28.2 Å². The molecule has 0 radical (unpaired) electrons. The molecule has 6 heteroatoms. The fourth-order valence-electron chi connectivity index (χ4n) is 1.63. The first-order chi connectivity index (χ1) is 9.63. The molecule has 0 spiro atoms. The van der Waals surface area contributed by atoms with E-state index in [-0.39, 0.29) is 16.9 Å². The van der Waals surface area contributed by atoms with Crippen molar-refractivity contribution in [3.8, 4) is 0 Å². The third-order valence-corrected chi connectivity index (χ3v) is 5.89. The van der Waals surface area contributed by atoms with Gasteiger partial charge in [0.05, 0.1) is 4.90 Å². The van der Waals surface area contributed by atoms with E-state index in [9.17, 15) is 8.42 Å². The monoisotopic (exact) mass is 376 g/mol. The molecule has 0 aromatic heterocycles. The van der Waals surface area contributed by atoms with Crippen molar-refractivity contribution in [3.63, 3.8) is 0 Å². The highest BCUT2D eigenvalue weighted by Gasteiger charge is 2.22. The van der Waals surface area contributed by atoms with Gasteiger partial charge in [0.2, 0.25) is 10.0 Å². The first-order valence-electron chi connectivity index (χ1n) is 7.17. The highest BCUT2D eigenvalue weighted by Crippen LogP contribution is 2.24. The quantitative estimate of drug-likeness (QED) is 0.767. The Morgan fingerprint density at radius 1 is 1.14 bits per heavy atom. The van der Waals surface area contributed by atoms with E-state index in [0.29, 0.717) is 17.1 Å². The van der Waals surface area contributed by atoms with E-state index in [1.54, 1.807) is 12.1 Å². The first-order valence-corrected chi connectivity index (χ1v) is 9.45. The van der Waals surface area contributed by atoms with Gasteiger partial charge in [-0.1, -0.05) is 33.8 Å². The third-order valence-electron chi connectivity index (χ3n) is 3.34. The van der Waals surface area contributed by atoms with Gasteiger partial charge >= 0.3 is 0 Å². The Bertz CT molecular complexity index is 571. The van der Waals surface area contributed by atoms with Gasteiger partial charge in [-0.05, 0) is 46.5 Å². The summed E-state index contributed by atoms with van der Waals surface area (Å²) < 4.78 is 28.3. The molecule has 1 unspecified atom stereocenters. The molecule has 1 rings (SSSR count). The fraction of sp³-hybridized carbons (Fsp3) is 0.600. The van der Waals surface area contributed by atoms with Gasteiger partial charge in [-0.3, -0.25) is 0 Å². The second-order valence-corrected chi connectivity index (χ2v) is 8.49. The first kappa shape index (κ1) is 18.6. The maximum absolute atomic E-state index is 12.5. The van der Waals surface area contributed by atoms with Gasteiger partial charge in [0.15, 0.2) is 0 Å². The van der Waals surface area contributed by atoms with Crippen molar-refractivity contribution in [2.24, 2.45) is 5.92 Å². The molecule has 1 atom stereocenters. The van der Waals surface area contributed by atoms with Crippen LogP contribution in [0.1, 0.15) is 40.2 Å². The van der Waals surface area contributed by atoms with E-state index < -0.39 is 10.0 Å². The lowest BCUT2D eigenvalue weighted by Crippen LogP contribution is -2.36. The van der Waals surface area contributed by atoms with Crippen molar-refractivity contribution < 1.29 is 8.42 Å². The summed E-state index contributed by atoms with van der Waals surface area (Å²) >= 11 is 3.33. The maximum atomic E-state index is 12.5. The molecule has 0 saturated heterocycles. The molecule has 0 saturated carbocycles. The largest absolute Gasteiger partial charge is 0.310 e. The normalized spacial score (nSPS) is 13.9. The van der Waals surface area contributed by atoms with Crippen LogP contribution in [0.15, 0.2) is 27.6 Å². The second kappa shape index (κ2) is 7.72. The molecule has 1 aromatic rings. The highest BCUT2D eigenvalue weighted by molar-refractivity contribution is 9.10. The van der Waals surface area contributed by atoms with Crippen LogP contribution in [-0.2, 0) is 16.6 Å². The molecule has 120 valence electrons. The molecule has 0 fully saturated rings. The van der Waals surface area contributed by atoms with Crippen LogP contribution in [0, 0.1) is 5.92 Å². The number of sulfonamides is 1. The zero-order chi connectivity index (χ0) is 16.2. The summed E-state index contributed by atoms with van der Waals surface area (Å²) in [5.41, 5.74) is 0.949. The predicted molar refractivity (Wildman–Crippen MR) is 90.7 cm³/mol. The predicted octanol–water partition coefficient (Wildman–Crippen LogP) is 3.27. The zero-order valence-corrected chi connectivity index (χ0v) is 15.7. The summed E-state index contributed by atoms with van der Waals surface area (Å²) in [4.78, 5) is 0.290. The van der Waals surface area contributed by atoms with Crippen LogP contribution in [0.25, 0.3) is 0 Å². The number of hydrogen-bond acceptors (Lipinski definition) is 3. The molecule has 4 nitrogen and oxygen atoms in total. The minimum atomic E-state index is -3.52. The molecule has 0 bridgehead atoms. The van der Waals surface area contributed by atoms with Crippen molar-refractivity contribution in [2.75, 3.05) is 0 Å². The van der Waals surface area contributed by atoms with Crippen molar-refractivity contribution >= 4 is 26.0 Å². The summed E-state index contributed by atoms with van der Waals surface area (Å²) in [7, 11) is -3.52. The van der Waals surface area contributed by atoms with Gasteiger partial charge in [-0.15, -0.1) is 0 Å². The summed E-state index contributed by atoms with van der Waals surface area (Å²) in [6.07, 6.45) is 0. The average Bonchev–Trinajstić information content (AvgIpc) is 2.36. The minimum absolute atomic E-state index is 0.112. The van der Waals surface area contributed by atoms with Crippen molar-refractivity contribution in [2.45, 2.75) is 58.1 Å². The van der Waals surface area contributed by atoms with Crippen LogP contribution in [-0.4, -0.2) is 20.5 Å². The summed E-state index contributed by atoms with van der Waals surface area (Å²) in [5, 5.41) is 3.29. The minimum Gasteiger partial charge on any atom is -0.310 e. The smallest absolute Gasteiger partial charge is 0.241 e. The van der Waals surface area contributed by atoms with Crippen LogP contribution in [0.2, 0.25) is 0 Å². The molecule has 1 aromatic carbocycles. The molecule has 0 amide bonds. The Hall–Kier alpha value is -0.430. The SMILES string of the molecule is CC(C)NCc1ccc(Br)c(S(=O)(=O)NC(C)C(C)C)c1. The van der Waals surface area contributed by atoms with E-state index in [1.165, 1.54) is 0 Å². The van der Waals surface area contributed by atoms with E-state index >= 15 is 0 Å². The summed E-state index contributed by atoms with van der Waals surface area (Å²) in [6, 6.07) is 5.66. The second-order valence-electron chi connectivity index (χ2n) is 5.95. The van der Waals surface area contributed by atoms with Crippen molar-refractivity contribution in [1.29, 1.82) is 0 Å². The maximum Gasteiger partial charge on any atom is 0.241 e. The van der Waals surface area contributed by atoms with Gasteiger partial charge in [0, 0.05) is 23.1 Å². The Morgan fingerprint density at radius 2 is 1.76 bits per heavy atom. The molecule has 2 N–H and O–H groups in total. The fourth-order valence-corrected chi connectivity index (χ4v) is 4.04. The molecule has 0 aliphatic heterocycles. The Morgan fingerprint density at radius 3 is 2.29 bits per heavy atom. The number of benzene rings is 1. The standard InChI is InChI=1S/C15H25BrN2O2S/c1-10(2)12(5)18-21(19,20)15-8-13(6-7-14(15)16)9-17-11(3)4/h6-8,10-12,17-18H,9H2,1-5H3. The van der Waals surface area contributed by atoms with Crippen LogP contribution in [0.3, 0.4) is 0 Å². The van der Waals surface area contributed by atoms with E-state index in [1.807, 2.05) is 26.8 Å². The summed E-state index contributed by atoms with van der Waals surface area (Å²) in [5.74, 6) is 0.240. The van der Waals surface area contributed by atoms with E-state index in [2.05, 4.69) is 39.8 Å². The lowest BCUT2D eigenvalue weighted by atomic mass is 10.1. The molecular formula is C15H25BrN2O2S. The van der Waals surface area contributed by atoms with Crippen LogP contribution in [0.4, 0.5) is 0 Å². The van der Waals surface area contributed by atoms with Crippen LogP contribution < -0.4 is 10.0 Å². The van der Waals surface area contributed by atoms with Crippen LogP contribution >= 0.6 is 15.9 Å².